The van der Waals surface area contributed by atoms with Crippen LogP contribution in [0.2, 0.25) is 5.02 Å². The van der Waals surface area contributed by atoms with E-state index < -0.39 is 11.7 Å². The summed E-state index contributed by atoms with van der Waals surface area (Å²) in [5.74, 6) is -0.983. The number of carbonyl (C=O) groups excluding carboxylic acids is 1. The highest BCUT2D eigenvalue weighted by Crippen LogP contribution is 2.28. The van der Waals surface area contributed by atoms with Gasteiger partial charge in [0.15, 0.2) is 0 Å². The highest BCUT2D eigenvalue weighted by Gasteiger charge is 2.14. The van der Waals surface area contributed by atoms with E-state index in [-0.39, 0.29) is 11.1 Å². The lowest BCUT2D eigenvalue weighted by atomic mass is 10.1. The standard InChI is InChI=1S/C19H12ClFN4O/c20-15-2-1-7-22-18(15)14-6-4-11(8-16(14)21)19(26)24-13-5-3-12-10-23-25-17(12)9-13/h1-10H,(H,23,25)(H,24,26). The van der Waals surface area contributed by atoms with Crippen LogP contribution in [-0.4, -0.2) is 21.1 Å². The molecule has 0 aliphatic carbocycles. The highest BCUT2D eigenvalue weighted by atomic mass is 35.5. The van der Waals surface area contributed by atoms with E-state index in [0.29, 0.717) is 16.4 Å². The zero-order chi connectivity index (χ0) is 18.1. The largest absolute Gasteiger partial charge is 0.322 e. The van der Waals surface area contributed by atoms with Gasteiger partial charge < -0.3 is 5.32 Å². The Bertz CT molecular complexity index is 1130. The van der Waals surface area contributed by atoms with Crippen LogP contribution in [0, 0.1) is 5.82 Å². The van der Waals surface area contributed by atoms with E-state index in [1.807, 2.05) is 6.07 Å². The van der Waals surface area contributed by atoms with Crippen LogP contribution in [0.5, 0.6) is 0 Å². The van der Waals surface area contributed by atoms with Gasteiger partial charge in [0.05, 0.1) is 22.4 Å². The first-order valence-corrected chi connectivity index (χ1v) is 8.14. The number of amides is 1. The molecular formula is C19H12ClFN4O. The van der Waals surface area contributed by atoms with E-state index in [4.69, 9.17) is 11.6 Å². The third-order valence-electron chi connectivity index (χ3n) is 3.94. The van der Waals surface area contributed by atoms with E-state index in [1.54, 1.807) is 30.5 Å². The number of rotatable bonds is 3. The number of nitrogens with one attached hydrogen (secondary N) is 2. The van der Waals surface area contributed by atoms with Gasteiger partial charge in [-0.15, -0.1) is 0 Å². The molecule has 0 saturated heterocycles. The van der Waals surface area contributed by atoms with Crippen LogP contribution >= 0.6 is 11.6 Å². The molecule has 2 aromatic carbocycles. The molecule has 26 heavy (non-hydrogen) atoms. The van der Waals surface area contributed by atoms with Gasteiger partial charge in [-0.3, -0.25) is 14.9 Å². The Morgan fingerprint density at radius 2 is 2.04 bits per heavy atom. The van der Waals surface area contributed by atoms with Crippen LogP contribution in [0.4, 0.5) is 10.1 Å². The SMILES string of the molecule is O=C(Nc1ccc2cn[nH]c2c1)c1ccc(-c2ncccc2Cl)c(F)c1. The van der Waals surface area contributed by atoms with Crippen molar-refractivity contribution < 1.29 is 9.18 Å². The minimum atomic E-state index is -0.567. The van der Waals surface area contributed by atoms with Gasteiger partial charge in [-0.05, 0) is 48.5 Å². The van der Waals surface area contributed by atoms with Crippen molar-refractivity contribution in [1.82, 2.24) is 15.2 Å². The van der Waals surface area contributed by atoms with Gasteiger partial charge in [0.25, 0.3) is 5.91 Å². The van der Waals surface area contributed by atoms with Gasteiger partial charge >= 0.3 is 0 Å². The van der Waals surface area contributed by atoms with Crippen LogP contribution in [0.25, 0.3) is 22.2 Å². The topological polar surface area (TPSA) is 70.7 Å². The quantitative estimate of drug-likeness (QED) is 0.553. The highest BCUT2D eigenvalue weighted by molar-refractivity contribution is 6.33. The number of anilines is 1. The second-order valence-electron chi connectivity index (χ2n) is 5.65. The van der Waals surface area contributed by atoms with Crippen molar-refractivity contribution in [2.75, 3.05) is 5.32 Å². The molecule has 0 aliphatic heterocycles. The first kappa shape index (κ1) is 16.2. The summed E-state index contributed by atoms with van der Waals surface area (Å²) in [5.41, 5.74) is 2.16. The zero-order valence-corrected chi connectivity index (χ0v) is 14.1. The summed E-state index contributed by atoms with van der Waals surface area (Å²) in [5, 5.41) is 10.8. The summed E-state index contributed by atoms with van der Waals surface area (Å²) in [6, 6.07) is 12.9. The van der Waals surface area contributed by atoms with Crippen LogP contribution in [0.1, 0.15) is 10.4 Å². The number of halogens is 2. The van der Waals surface area contributed by atoms with E-state index in [9.17, 15) is 9.18 Å². The lowest BCUT2D eigenvalue weighted by molar-refractivity contribution is 0.102. The van der Waals surface area contributed by atoms with Gasteiger partial charge in [0, 0.05) is 28.4 Å². The van der Waals surface area contributed by atoms with Gasteiger partial charge in [-0.1, -0.05) is 11.6 Å². The number of H-pyrrole nitrogens is 1. The van der Waals surface area contributed by atoms with Crippen molar-refractivity contribution in [2.24, 2.45) is 0 Å². The molecule has 2 aromatic heterocycles. The van der Waals surface area contributed by atoms with Crippen LogP contribution in [0.15, 0.2) is 60.9 Å². The van der Waals surface area contributed by atoms with Crippen molar-refractivity contribution in [3.63, 3.8) is 0 Å². The molecule has 0 radical (unpaired) electrons. The maximum Gasteiger partial charge on any atom is 0.255 e. The molecule has 128 valence electrons. The van der Waals surface area contributed by atoms with E-state index in [0.717, 1.165) is 10.9 Å². The molecule has 0 unspecified atom stereocenters. The number of hydrogen-bond donors (Lipinski definition) is 2. The number of carbonyl (C=O) groups is 1. The summed E-state index contributed by atoms with van der Waals surface area (Å²) in [6.45, 7) is 0. The lowest BCUT2D eigenvalue weighted by Gasteiger charge is -2.08. The molecule has 0 bridgehead atoms. The molecule has 0 aliphatic rings. The Labute approximate surface area is 152 Å². The number of aromatic amines is 1. The minimum Gasteiger partial charge on any atom is -0.322 e. The fourth-order valence-corrected chi connectivity index (χ4v) is 2.87. The molecule has 4 rings (SSSR count). The molecular weight excluding hydrogens is 355 g/mol. The minimum absolute atomic E-state index is 0.197. The van der Waals surface area contributed by atoms with Crippen molar-refractivity contribution >= 4 is 34.1 Å². The molecule has 5 nitrogen and oxygen atoms in total. The second kappa shape index (κ2) is 6.57. The molecule has 7 heteroatoms. The Morgan fingerprint density at radius 1 is 1.15 bits per heavy atom. The number of nitrogens with zero attached hydrogens (tertiary/aromatic N) is 2. The van der Waals surface area contributed by atoms with E-state index >= 15 is 0 Å². The molecule has 0 fully saturated rings. The number of hydrogen-bond acceptors (Lipinski definition) is 3. The molecule has 4 aromatic rings. The Kier molecular flexibility index (Phi) is 4.10. The number of aromatic nitrogens is 3. The molecule has 0 atom stereocenters. The maximum absolute atomic E-state index is 14.5. The molecule has 1 amide bonds. The molecule has 0 spiro atoms. The van der Waals surface area contributed by atoms with Crippen molar-refractivity contribution in [1.29, 1.82) is 0 Å². The van der Waals surface area contributed by atoms with E-state index in [1.165, 1.54) is 24.4 Å². The Hall–Kier alpha value is -3.25. The summed E-state index contributed by atoms with van der Waals surface area (Å²) in [6.07, 6.45) is 3.23. The third-order valence-corrected chi connectivity index (χ3v) is 4.25. The van der Waals surface area contributed by atoms with Gasteiger partial charge in [-0.2, -0.15) is 5.10 Å². The summed E-state index contributed by atoms with van der Waals surface area (Å²) >= 11 is 6.06. The van der Waals surface area contributed by atoms with Crippen molar-refractivity contribution in [2.45, 2.75) is 0 Å². The normalized spacial score (nSPS) is 10.8. The maximum atomic E-state index is 14.5. The third kappa shape index (κ3) is 3.02. The number of benzene rings is 2. The second-order valence-corrected chi connectivity index (χ2v) is 6.06. The number of fused-ring (bicyclic) bond motifs is 1. The zero-order valence-electron chi connectivity index (χ0n) is 13.3. The van der Waals surface area contributed by atoms with Crippen LogP contribution in [0.3, 0.4) is 0 Å². The van der Waals surface area contributed by atoms with Gasteiger partial charge in [0.2, 0.25) is 0 Å². The molecule has 0 saturated carbocycles. The van der Waals surface area contributed by atoms with Crippen molar-refractivity contribution in [3.8, 4) is 11.3 Å². The first-order valence-electron chi connectivity index (χ1n) is 7.77. The Balaban J connectivity index is 1.60. The van der Waals surface area contributed by atoms with Crippen LogP contribution in [-0.2, 0) is 0 Å². The first-order chi connectivity index (χ1) is 12.6. The van der Waals surface area contributed by atoms with Crippen LogP contribution < -0.4 is 5.32 Å². The summed E-state index contributed by atoms with van der Waals surface area (Å²) in [4.78, 5) is 16.5. The lowest BCUT2D eigenvalue weighted by Crippen LogP contribution is -2.12. The van der Waals surface area contributed by atoms with Gasteiger partial charge in [-0.25, -0.2) is 4.39 Å². The predicted octanol–water partition coefficient (Wildman–Crippen LogP) is 4.67. The summed E-state index contributed by atoms with van der Waals surface area (Å²) < 4.78 is 14.5. The van der Waals surface area contributed by atoms with Crippen molar-refractivity contribution in [3.05, 3.63) is 77.3 Å². The average molecular weight is 367 g/mol. The molecule has 2 heterocycles. The Morgan fingerprint density at radius 3 is 2.85 bits per heavy atom. The van der Waals surface area contributed by atoms with E-state index in [2.05, 4.69) is 20.5 Å². The smallest absolute Gasteiger partial charge is 0.255 e. The predicted molar refractivity (Wildman–Crippen MR) is 98.7 cm³/mol. The monoisotopic (exact) mass is 366 g/mol. The molecule has 2 N–H and O–H groups in total. The number of pyridine rings is 1. The fourth-order valence-electron chi connectivity index (χ4n) is 2.65. The average Bonchev–Trinajstić information content (AvgIpc) is 3.10. The fraction of sp³-hybridized carbons (Fsp3) is 0. The van der Waals surface area contributed by atoms with Gasteiger partial charge in [0.1, 0.15) is 5.82 Å². The summed E-state index contributed by atoms with van der Waals surface area (Å²) in [7, 11) is 0.